The second kappa shape index (κ2) is 13.2. The molecule has 0 atom stereocenters. The highest BCUT2D eigenvalue weighted by Gasteiger charge is 2.37. The fourth-order valence-electron chi connectivity index (χ4n) is 11.7. The normalized spacial score (nSPS) is 13.3. The third-order valence-electron chi connectivity index (χ3n) is 14.8. The zero-order valence-corrected chi connectivity index (χ0v) is 36.7. The first kappa shape index (κ1) is 36.7. The van der Waals surface area contributed by atoms with Crippen LogP contribution in [0.5, 0.6) is 0 Å². The van der Waals surface area contributed by atoms with E-state index in [0.29, 0.717) is 0 Å². The van der Waals surface area contributed by atoms with Crippen molar-refractivity contribution in [3.8, 4) is 22.3 Å². The van der Waals surface area contributed by atoms with E-state index in [-0.39, 0.29) is 5.41 Å². The summed E-state index contributed by atoms with van der Waals surface area (Å²) in [7, 11) is 0. The number of benzene rings is 11. The molecule has 0 saturated heterocycles. The zero-order chi connectivity index (χ0) is 44.1. The number of fused-ring (bicyclic) bond motifs is 18. The lowest BCUT2D eigenvalue weighted by molar-refractivity contribution is 0.660. The first-order valence-corrected chi connectivity index (χ1v) is 23.1. The Kier molecular flexibility index (Phi) is 7.26. The molecule has 0 N–H and O–H groups in total. The highest BCUT2D eigenvalue weighted by molar-refractivity contribution is 6.32. The number of rotatable bonds is 4. The molecule has 67 heavy (non-hydrogen) atoms. The van der Waals surface area contributed by atoms with Crippen molar-refractivity contribution in [3.05, 3.63) is 211 Å². The fraction of sp³-hybridized carbons (Fsp3) is 0.0476. The summed E-state index contributed by atoms with van der Waals surface area (Å²) in [6.45, 7) is 4.76. The molecule has 0 radical (unpaired) electrons. The summed E-state index contributed by atoms with van der Waals surface area (Å²) in [5.74, 6) is 0. The van der Waals surface area contributed by atoms with Crippen LogP contribution >= 0.6 is 0 Å². The standard InChI is InChI=1S/C63H39NO3/c1-63(2)50-32-38(42-18-11-21-55-60(42)62-57(67-55)31-24-36-23-30-56-61(59(36)62)49-17-8-10-20-54(49)65-56)22-27-44(50)45-28-25-39(34-51(45)63)64(40-26-29-48-47-16-7-9-19-53(47)66-58(48)35-40)52-33-37-12-3-4-13-41(37)43-14-5-6-15-46(43)52/h3-35H,1-2H3. The van der Waals surface area contributed by atoms with Crippen LogP contribution in [-0.2, 0) is 5.41 Å². The molecule has 0 amide bonds. The largest absolute Gasteiger partial charge is 0.456 e. The SMILES string of the molecule is CC1(C)c2cc(-c3cccc4oc5ccc6ccc7oc8ccccc8c7c6c5c34)ccc2-c2ccc(N(c3ccc4c(c3)oc3ccccc34)c3cc4ccccc4c4ccccc34)cc21. The lowest BCUT2D eigenvalue weighted by Crippen LogP contribution is -2.17. The van der Waals surface area contributed by atoms with Gasteiger partial charge in [0.1, 0.15) is 33.5 Å². The monoisotopic (exact) mass is 857 g/mol. The number of furan rings is 3. The molecular formula is C63H39NO3. The molecule has 0 unspecified atom stereocenters. The average molecular weight is 858 g/mol. The van der Waals surface area contributed by atoms with Gasteiger partial charge in [0.25, 0.3) is 0 Å². The van der Waals surface area contributed by atoms with Crippen LogP contribution in [-0.4, -0.2) is 0 Å². The number of hydrogen-bond acceptors (Lipinski definition) is 4. The molecule has 0 aliphatic heterocycles. The lowest BCUT2D eigenvalue weighted by atomic mass is 9.81. The van der Waals surface area contributed by atoms with Crippen LogP contribution in [0.3, 0.4) is 0 Å². The molecule has 11 aromatic carbocycles. The molecule has 1 aliphatic carbocycles. The van der Waals surface area contributed by atoms with Crippen LogP contribution in [0.4, 0.5) is 17.1 Å². The number of para-hydroxylation sites is 2. The highest BCUT2D eigenvalue weighted by atomic mass is 16.3. The Morgan fingerprint density at radius 1 is 0.328 bits per heavy atom. The van der Waals surface area contributed by atoms with Gasteiger partial charge in [-0.15, -0.1) is 0 Å². The van der Waals surface area contributed by atoms with Crippen molar-refractivity contribution in [2.75, 3.05) is 4.90 Å². The second-order valence-electron chi connectivity index (χ2n) is 18.7. The quantitative estimate of drug-likeness (QED) is 0.165. The molecule has 4 heteroatoms. The Morgan fingerprint density at radius 2 is 0.910 bits per heavy atom. The molecule has 0 spiro atoms. The van der Waals surface area contributed by atoms with Gasteiger partial charge in [0.2, 0.25) is 0 Å². The predicted molar refractivity (Wildman–Crippen MR) is 278 cm³/mol. The maximum Gasteiger partial charge on any atom is 0.137 e. The van der Waals surface area contributed by atoms with Crippen molar-refractivity contribution in [2.24, 2.45) is 0 Å². The van der Waals surface area contributed by atoms with Crippen molar-refractivity contribution in [1.29, 1.82) is 0 Å². The number of hydrogen-bond donors (Lipinski definition) is 0. The molecule has 0 bridgehead atoms. The molecule has 3 heterocycles. The molecule has 314 valence electrons. The summed E-state index contributed by atoms with van der Waals surface area (Å²) in [6, 6.07) is 72.4. The van der Waals surface area contributed by atoms with E-state index in [4.69, 9.17) is 13.3 Å². The molecule has 0 fully saturated rings. The van der Waals surface area contributed by atoms with E-state index in [9.17, 15) is 0 Å². The van der Waals surface area contributed by atoms with Gasteiger partial charge >= 0.3 is 0 Å². The van der Waals surface area contributed by atoms with Gasteiger partial charge in [-0.1, -0.05) is 141 Å². The van der Waals surface area contributed by atoms with Crippen molar-refractivity contribution >= 4 is 115 Å². The van der Waals surface area contributed by atoms with Gasteiger partial charge < -0.3 is 18.2 Å². The van der Waals surface area contributed by atoms with Crippen molar-refractivity contribution in [3.63, 3.8) is 0 Å². The Hall–Kier alpha value is -8.60. The van der Waals surface area contributed by atoms with Crippen LogP contribution in [0.25, 0.3) is 120 Å². The van der Waals surface area contributed by atoms with E-state index in [0.717, 1.165) is 105 Å². The summed E-state index contributed by atoms with van der Waals surface area (Å²) >= 11 is 0. The highest BCUT2D eigenvalue weighted by Crippen LogP contribution is 2.53. The smallest absolute Gasteiger partial charge is 0.137 e. The minimum Gasteiger partial charge on any atom is -0.456 e. The second-order valence-corrected chi connectivity index (χ2v) is 18.7. The molecule has 3 aromatic heterocycles. The van der Waals surface area contributed by atoms with Gasteiger partial charge in [-0.2, -0.15) is 0 Å². The summed E-state index contributed by atoms with van der Waals surface area (Å²) in [5, 5.41) is 13.9. The Bertz CT molecular complexity index is 4440. The summed E-state index contributed by atoms with van der Waals surface area (Å²) < 4.78 is 19.6. The summed E-state index contributed by atoms with van der Waals surface area (Å²) in [5.41, 5.74) is 15.7. The molecule has 15 rings (SSSR count). The Balaban J connectivity index is 0.917. The first-order valence-electron chi connectivity index (χ1n) is 23.1. The Morgan fingerprint density at radius 3 is 1.75 bits per heavy atom. The van der Waals surface area contributed by atoms with Crippen LogP contribution in [0.1, 0.15) is 25.0 Å². The minimum absolute atomic E-state index is 0.308. The fourth-order valence-corrected chi connectivity index (χ4v) is 11.7. The van der Waals surface area contributed by atoms with E-state index in [2.05, 4.69) is 207 Å². The third kappa shape index (κ3) is 5.07. The maximum atomic E-state index is 6.70. The van der Waals surface area contributed by atoms with Crippen molar-refractivity contribution in [1.82, 2.24) is 0 Å². The van der Waals surface area contributed by atoms with Crippen LogP contribution in [0, 0.1) is 0 Å². The lowest BCUT2D eigenvalue weighted by Gasteiger charge is -2.29. The van der Waals surface area contributed by atoms with E-state index < -0.39 is 0 Å². The van der Waals surface area contributed by atoms with Crippen molar-refractivity contribution < 1.29 is 13.3 Å². The predicted octanol–water partition coefficient (Wildman–Crippen LogP) is 18.3. The topological polar surface area (TPSA) is 42.7 Å². The molecule has 1 aliphatic rings. The zero-order valence-electron chi connectivity index (χ0n) is 36.7. The summed E-state index contributed by atoms with van der Waals surface area (Å²) in [6.07, 6.45) is 0. The van der Waals surface area contributed by atoms with Gasteiger partial charge in [0.15, 0.2) is 0 Å². The average Bonchev–Trinajstić information content (AvgIpc) is 4.12. The molecular weight excluding hydrogens is 819 g/mol. The van der Waals surface area contributed by atoms with E-state index in [1.165, 1.54) is 43.8 Å². The van der Waals surface area contributed by atoms with Crippen molar-refractivity contribution in [2.45, 2.75) is 19.3 Å². The number of anilines is 3. The maximum absolute atomic E-state index is 6.70. The summed E-state index contributed by atoms with van der Waals surface area (Å²) in [4.78, 5) is 2.43. The van der Waals surface area contributed by atoms with Crippen LogP contribution < -0.4 is 4.90 Å². The van der Waals surface area contributed by atoms with E-state index in [1.54, 1.807) is 0 Å². The van der Waals surface area contributed by atoms with Gasteiger partial charge in [-0.3, -0.25) is 0 Å². The van der Waals surface area contributed by atoms with Gasteiger partial charge in [0, 0.05) is 65.9 Å². The number of nitrogens with zero attached hydrogens (tertiary/aromatic N) is 1. The van der Waals surface area contributed by atoms with Gasteiger partial charge in [-0.25, -0.2) is 0 Å². The van der Waals surface area contributed by atoms with Gasteiger partial charge in [0.05, 0.1) is 5.69 Å². The molecule has 14 aromatic rings. The van der Waals surface area contributed by atoms with E-state index in [1.807, 2.05) is 12.1 Å². The van der Waals surface area contributed by atoms with Crippen LogP contribution in [0.2, 0.25) is 0 Å². The Labute approximate surface area is 384 Å². The molecule has 4 nitrogen and oxygen atoms in total. The van der Waals surface area contributed by atoms with E-state index >= 15 is 0 Å². The van der Waals surface area contributed by atoms with Crippen LogP contribution in [0.15, 0.2) is 213 Å². The molecule has 0 saturated carbocycles. The minimum atomic E-state index is -0.308. The first-order chi connectivity index (χ1) is 33.0. The third-order valence-corrected chi connectivity index (χ3v) is 14.8. The van der Waals surface area contributed by atoms with Gasteiger partial charge in [-0.05, 0) is 122 Å².